The summed E-state index contributed by atoms with van der Waals surface area (Å²) in [7, 11) is 0. The van der Waals surface area contributed by atoms with Crippen LogP contribution in [0.1, 0.15) is 27.9 Å². The Morgan fingerprint density at radius 3 is 2.74 bits per heavy atom. The zero-order valence-electron chi connectivity index (χ0n) is 15.3. The second kappa shape index (κ2) is 8.04. The van der Waals surface area contributed by atoms with E-state index in [0.717, 1.165) is 43.7 Å². The van der Waals surface area contributed by atoms with Crippen molar-refractivity contribution < 1.29 is 4.79 Å². The molecule has 1 amide bonds. The summed E-state index contributed by atoms with van der Waals surface area (Å²) in [6.45, 7) is 1.58. The van der Waals surface area contributed by atoms with Gasteiger partial charge in [0.25, 0.3) is 5.91 Å². The average Bonchev–Trinajstić information content (AvgIpc) is 3.16. The first kappa shape index (κ1) is 17.3. The molecule has 4 rings (SSSR count). The van der Waals surface area contributed by atoms with Gasteiger partial charge in [-0.1, -0.05) is 48.5 Å². The lowest BCUT2D eigenvalue weighted by Crippen LogP contribution is -2.29. The molecule has 4 nitrogen and oxygen atoms in total. The zero-order chi connectivity index (χ0) is 18.5. The Morgan fingerprint density at radius 1 is 1.04 bits per heavy atom. The van der Waals surface area contributed by atoms with E-state index in [-0.39, 0.29) is 5.91 Å². The summed E-state index contributed by atoms with van der Waals surface area (Å²) in [5.74, 6) is 0.0142. The molecule has 0 radical (unpaired) electrons. The number of pyridine rings is 1. The number of carbonyl (C=O) groups excluding carboxylic acids is 1. The molecule has 0 spiro atoms. The lowest BCUT2D eigenvalue weighted by Gasteiger charge is -2.17. The van der Waals surface area contributed by atoms with Gasteiger partial charge < -0.3 is 10.2 Å². The zero-order valence-corrected chi connectivity index (χ0v) is 15.3. The summed E-state index contributed by atoms with van der Waals surface area (Å²) in [6, 6.07) is 20.5. The van der Waals surface area contributed by atoms with Gasteiger partial charge in [0.15, 0.2) is 0 Å². The Bertz CT molecular complexity index is 924. The third-order valence-corrected chi connectivity index (χ3v) is 4.93. The maximum atomic E-state index is 12.9. The van der Waals surface area contributed by atoms with Crippen molar-refractivity contribution in [1.82, 2.24) is 4.98 Å². The molecule has 1 N–H and O–H groups in total. The number of aryl methyl sites for hydroxylation is 1. The van der Waals surface area contributed by atoms with Gasteiger partial charge in [-0.15, -0.1) is 0 Å². The van der Waals surface area contributed by atoms with Crippen molar-refractivity contribution in [1.29, 1.82) is 0 Å². The summed E-state index contributed by atoms with van der Waals surface area (Å²) >= 11 is 0. The molecule has 2 heterocycles. The van der Waals surface area contributed by atoms with Gasteiger partial charge >= 0.3 is 0 Å². The SMILES string of the molecule is O=C(c1cncc(NCCCc2ccccc2)c1)N1CCc2ccccc21. The van der Waals surface area contributed by atoms with Crippen LogP contribution in [-0.2, 0) is 12.8 Å². The number of nitrogens with zero attached hydrogens (tertiary/aromatic N) is 2. The molecule has 0 saturated carbocycles. The van der Waals surface area contributed by atoms with Crippen LogP contribution < -0.4 is 10.2 Å². The minimum Gasteiger partial charge on any atom is -0.384 e. The van der Waals surface area contributed by atoms with E-state index in [9.17, 15) is 4.79 Å². The Labute approximate surface area is 159 Å². The van der Waals surface area contributed by atoms with Crippen LogP contribution in [0.2, 0.25) is 0 Å². The van der Waals surface area contributed by atoms with Gasteiger partial charge in [0.05, 0.1) is 11.3 Å². The molecule has 0 atom stereocenters. The number of benzene rings is 2. The maximum absolute atomic E-state index is 12.9. The predicted molar refractivity (Wildman–Crippen MR) is 109 cm³/mol. The highest BCUT2D eigenvalue weighted by Gasteiger charge is 2.25. The second-order valence-electron chi connectivity index (χ2n) is 6.81. The van der Waals surface area contributed by atoms with Crippen LogP contribution in [0.25, 0.3) is 0 Å². The number of aromatic nitrogens is 1. The van der Waals surface area contributed by atoms with Gasteiger partial charge in [0, 0.05) is 31.2 Å². The Balaban J connectivity index is 1.37. The van der Waals surface area contributed by atoms with Gasteiger partial charge in [0.2, 0.25) is 0 Å². The number of para-hydroxylation sites is 1. The summed E-state index contributed by atoms with van der Waals surface area (Å²) in [5.41, 5.74) is 5.10. The smallest absolute Gasteiger partial charge is 0.259 e. The lowest BCUT2D eigenvalue weighted by molar-refractivity contribution is 0.0989. The minimum atomic E-state index is 0.0142. The highest BCUT2D eigenvalue weighted by atomic mass is 16.2. The van der Waals surface area contributed by atoms with Crippen molar-refractivity contribution >= 4 is 17.3 Å². The molecular formula is C23H23N3O. The summed E-state index contributed by atoms with van der Waals surface area (Å²) in [4.78, 5) is 19.0. The van der Waals surface area contributed by atoms with Gasteiger partial charge in [-0.2, -0.15) is 0 Å². The Hall–Kier alpha value is -3.14. The highest BCUT2D eigenvalue weighted by molar-refractivity contribution is 6.07. The van der Waals surface area contributed by atoms with E-state index in [1.54, 1.807) is 12.4 Å². The number of fused-ring (bicyclic) bond motifs is 1. The van der Waals surface area contributed by atoms with Gasteiger partial charge in [-0.3, -0.25) is 9.78 Å². The van der Waals surface area contributed by atoms with E-state index in [4.69, 9.17) is 0 Å². The number of rotatable bonds is 6. The molecule has 1 aromatic heterocycles. The van der Waals surface area contributed by atoms with E-state index < -0.39 is 0 Å². The van der Waals surface area contributed by atoms with Crippen molar-refractivity contribution in [2.24, 2.45) is 0 Å². The first-order valence-corrected chi connectivity index (χ1v) is 9.44. The molecular weight excluding hydrogens is 334 g/mol. The molecule has 0 bridgehead atoms. The fourth-order valence-electron chi connectivity index (χ4n) is 3.53. The third kappa shape index (κ3) is 4.00. The molecule has 0 fully saturated rings. The molecule has 0 aliphatic carbocycles. The molecule has 136 valence electrons. The number of hydrogen-bond donors (Lipinski definition) is 1. The molecule has 1 aliphatic rings. The fourth-order valence-corrected chi connectivity index (χ4v) is 3.53. The lowest BCUT2D eigenvalue weighted by atomic mass is 10.1. The first-order chi connectivity index (χ1) is 13.3. The van der Waals surface area contributed by atoms with Crippen molar-refractivity contribution in [3.63, 3.8) is 0 Å². The molecule has 2 aromatic carbocycles. The summed E-state index contributed by atoms with van der Waals surface area (Å²) in [5, 5.41) is 3.39. The van der Waals surface area contributed by atoms with Crippen LogP contribution in [0, 0.1) is 0 Å². The number of anilines is 2. The summed E-state index contributed by atoms with van der Waals surface area (Å²) in [6.07, 6.45) is 6.40. The normalized spacial score (nSPS) is 12.7. The van der Waals surface area contributed by atoms with Gasteiger partial charge in [-0.05, 0) is 42.5 Å². The topological polar surface area (TPSA) is 45.2 Å². The van der Waals surface area contributed by atoms with Crippen LogP contribution in [0.4, 0.5) is 11.4 Å². The van der Waals surface area contributed by atoms with Crippen LogP contribution >= 0.6 is 0 Å². The number of carbonyl (C=O) groups is 1. The van der Waals surface area contributed by atoms with Crippen LogP contribution in [0.15, 0.2) is 73.1 Å². The second-order valence-corrected chi connectivity index (χ2v) is 6.81. The number of hydrogen-bond acceptors (Lipinski definition) is 3. The number of amides is 1. The van der Waals surface area contributed by atoms with E-state index in [0.29, 0.717) is 5.56 Å². The van der Waals surface area contributed by atoms with Crippen molar-refractivity contribution in [2.45, 2.75) is 19.3 Å². The van der Waals surface area contributed by atoms with Crippen molar-refractivity contribution in [3.8, 4) is 0 Å². The fraction of sp³-hybridized carbons (Fsp3) is 0.217. The molecule has 1 aliphatic heterocycles. The van der Waals surface area contributed by atoms with Crippen LogP contribution in [-0.4, -0.2) is 24.0 Å². The first-order valence-electron chi connectivity index (χ1n) is 9.44. The van der Waals surface area contributed by atoms with E-state index in [2.05, 4.69) is 40.6 Å². The standard InChI is InChI=1S/C23H23N3O/c27-23(26-14-12-19-10-4-5-11-22(19)26)20-15-21(17-24-16-20)25-13-6-9-18-7-2-1-3-8-18/h1-5,7-8,10-11,15-17,25H,6,9,12-14H2. The molecule has 4 heteroatoms. The predicted octanol–water partition coefficient (Wildman–Crippen LogP) is 4.33. The molecule has 0 saturated heterocycles. The van der Waals surface area contributed by atoms with E-state index in [1.807, 2.05) is 35.2 Å². The van der Waals surface area contributed by atoms with Crippen LogP contribution in [0.5, 0.6) is 0 Å². The monoisotopic (exact) mass is 357 g/mol. The maximum Gasteiger partial charge on any atom is 0.259 e. The number of nitrogens with one attached hydrogen (secondary N) is 1. The molecule has 0 unspecified atom stereocenters. The third-order valence-electron chi connectivity index (χ3n) is 4.93. The quantitative estimate of drug-likeness (QED) is 0.668. The van der Waals surface area contributed by atoms with Crippen LogP contribution in [0.3, 0.4) is 0 Å². The average molecular weight is 357 g/mol. The Morgan fingerprint density at radius 2 is 1.85 bits per heavy atom. The largest absolute Gasteiger partial charge is 0.384 e. The minimum absolute atomic E-state index is 0.0142. The van der Waals surface area contributed by atoms with Crippen molar-refractivity contribution in [3.05, 3.63) is 89.7 Å². The summed E-state index contributed by atoms with van der Waals surface area (Å²) < 4.78 is 0. The molecule has 3 aromatic rings. The highest BCUT2D eigenvalue weighted by Crippen LogP contribution is 2.29. The van der Waals surface area contributed by atoms with Gasteiger partial charge in [0.1, 0.15) is 0 Å². The van der Waals surface area contributed by atoms with E-state index in [1.165, 1.54) is 11.1 Å². The van der Waals surface area contributed by atoms with Gasteiger partial charge in [-0.25, -0.2) is 0 Å². The van der Waals surface area contributed by atoms with E-state index >= 15 is 0 Å². The Kier molecular flexibility index (Phi) is 5.15. The molecule has 27 heavy (non-hydrogen) atoms. The van der Waals surface area contributed by atoms with Crippen molar-refractivity contribution in [2.75, 3.05) is 23.3 Å².